The molecule has 1 saturated carbocycles. The van der Waals surface area contributed by atoms with E-state index >= 15 is 0 Å². The number of esters is 2. The van der Waals surface area contributed by atoms with Crippen LogP contribution in [0.2, 0.25) is 0 Å². The monoisotopic (exact) mass is 446 g/mol. The molecule has 2 atom stereocenters. The zero-order valence-corrected chi connectivity index (χ0v) is 19.2. The summed E-state index contributed by atoms with van der Waals surface area (Å²) in [5.74, 6) is -0.999. The van der Waals surface area contributed by atoms with Gasteiger partial charge in [0.15, 0.2) is 5.78 Å². The summed E-state index contributed by atoms with van der Waals surface area (Å²) < 4.78 is 10.6. The molecule has 0 radical (unpaired) electrons. The molecule has 0 amide bonds. The second-order valence-corrected chi connectivity index (χ2v) is 8.87. The van der Waals surface area contributed by atoms with Gasteiger partial charge in [-0.3, -0.25) is 4.79 Å². The molecule has 0 unspecified atom stereocenters. The van der Waals surface area contributed by atoms with E-state index in [9.17, 15) is 14.4 Å². The van der Waals surface area contributed by atoms with Crippen LogP contribution in [-0.2, 0) is 37.1 Å². The molecule has 3 rings (SSSR count). The van der Waals surface area contributed by atoms with Crippen LogP contribution in [-0.4, -0.2) is 17.7 Å². The Hall–Kier alpha value is -3.47. The summed E-state index contributed by atoms with van der Waals surface area (Å²) in [5, 5.41) is 0. The van der Waals surface area contributed by atoms with Crippen molar-refractivity contribution < 1.29 is 23.9 Å². The van der Waals surface area contributed by atoms with Crippen molar-refractivity contribution >= 4 is 17.7 Å². The predicted molar refractivity (Wildman–Crippen MR) is 126 cm³/mol. The van der Waals surface area contributed by atoms with Crippen LogP contribution in [0, 0.1) is 10.8 Å². The first-order valence-corrected chi connectivity index (χ1v) is 11.2. The number of carbonyl (C=O) groups excluding carboxylic acids is 3. The Balaban J connectivity index is 1.58. The van der Waals surface area contributed by atoms with Crippen LogP contribution in [0.3, 0.4) is 0 Å². The number of carbonyl (C=O) groups is 3. The highest BCUT2D eigenvalue weighted by molar-refractivity contribution is 5.96. The standard InChI is InChI=1S/C28H30O5/c1-27(18-14-24(29)32-20-22-10-5-3-6-11-22)16-9-17-28(2,26(27)31)19-15-25(30)33-21-23-12-7-4-8-13-23/h3-8,10-15,18-19H,9,16-17,20-21H2,1-2H3/b18-14+,19-15+/t27-,28+. The molecule has 172 valence electrons. The minimum atomic E-state index is -0.808. The summed E-state index contributed by atoms with van der Waals surface area (Å²) in [6.07, 6.45) is 8.02. The molecule has 33 heavy (non-hydrogen) atoms. The molecule has 0 heterocycles. The molecule has 1 fully saturated rings. The molecule has 0 bridgehead atoms. The highest BCUT2D eigenvalue weighted by Gasteiger charge is 2.45. The first-order valence-electron chi connectivity index (χ1n) is 11.2. The van der Waals surface area contributed by atoms with E-state index in [1.165, 1.54) is 12.2 Å². The molecule has 1 aliphatic carbocycles. The maximum atomic E-state index is 13.3. The molecule has 5 heteroatoms. The molecule has 0 N–H and O–H groups in total. The van der Waals surface area contributed by atoms with Gasteiger partial charge in [0.1, 0.15) is 13.2 Å². The molecule has 0 aliphatic heterocycles. The lowest BCUT2D eigenvalue weighted by Crippen LogP contribution is -2.42. The van der Waals surface area contributed by atoms with Gasteiger partial charge in [-0.25, -0.2) is 9.59 Å². The molecular formula is C28H30O5. The van der Waals surface area contributed by atoms with Crippen LogP contribution in [0.15, 0.2) is 85.0 Å². The van der Waals surface area contributed by atoms with Crippen molar-refractivity contribution in [2.75, 3.05) is 0 Å². The van der Waals surface area contributed by atoms with Gasteiger partial charge in [-0.15, -0.1) is 0 Å². The first-order chi connectivity index (χ1) is 15.8. The zero-order valence-electron chi connectivity index (χ0n) is 19.2. The summed E-state index contributed by atoms with van der Waals surface area (Å²) in [6, 6.07) is 18.8. The van der Waals surface area contributed by atoms with E-state index in [0.29, 0.717) is 12.8 Å². The topological polar surface area (TPSA) is 69.7 Å². The molecular weight excluding hydrogens is 416 g/mol. The summed E-state index contributed by atoms with van der Waals surface area (Å²) in [4.78, 5) is 37.7. The van der Waals surface area contributed by atoms with E-state index in [1.54, 1.807) is 12.2 Å². The number of benzene rings is 2. The van der Waals surface area contributed by atoms with Crippen LogP contribution in [0.4, 0.5) is 0 Å². The van der Waals surface area contributed by atoms with Crippen LogP contribution in [0.5, 0.6) is 0 Å². The maximum absolute atomic E-state index is 13.3. The van der Waals surface area contributed by atoms with Crippen LogP contribution < -0.4 is 0 Å². The first kappa shape index (κ1) is 24.2. The van der Waals surface area contributed by atoms with Crippen molar-refractivity contribution in [2.45, 2.75) is 46.3 Å². The fourth-order valence-electron chi connectivity index (χ4n) is 4.08. The average molecular weight is 447 g/mol. The van der Waals surface area contributed by atoms with Crippen molar-refractivity contribution in [1.82, 2.24) is 0 Å². The molecule has 0 spiro atoms. The fourth-order valence-corrected chi connectivity index (χ4v) is 4.08. The van der Waals surface area contributed by atoms with Gasteiger partial charge in [-0.05, 0) is 37.8 Å². The molecule has 2 aromatic rings. The Kier molecular flexibility index (Phi) is 7.99. The van der Waals surface area contributed by atoms with Crippen molar-refractivity contribution in [2.24, 2.45) is 10.8 Å². The van der Waals surface area contributed by atoms with Gasteiger partial charge in [0.25, 0.3) is 0 Å². The van der Waals surface area contributed by atoms with Crippen molar-refractivity contribution in [3.05, 3.63) is 96.1 Å². The Morgan fingerprint density at radius 2 is 1.15 bits per heavy atom. The van der Waals surface area contributed by atoms with Crippen molar-refractivity contribution in [1.29, 1.82) is 0 Å². The van der Waals surface area contributed by atoms with Gasteiger partial charge in [0.05, 0.1) is 0 Å². The Bertz CT molecular complexity index is 943. The number of hydrogen-bond acceptors (Lipinski definition) is 5. The van der Waals surface area contributed by atoms with E-state index in [-0.39, 0.29) is 19.0 Å². The zero-order chi connectivity index (χ0) is 23.7. The van der Waals surface area contributed by atoms with E-state index in [2.05, 4.69) is 0 Å². The van der Waals surface area contributed by atoms with Gasteiger partial charge in [0, 0.05) is 23.0 Å². The normalized spacial score (nSPS) is 23.0. The van der Waals surface area contributed by atoms with Gasteiger partial charge < -0.3 is 9.47 Å². The molecule has 0 aromatic heterocycles. The second-order valence-electron chi connectivity index (χ2n) is 8.87. The molecule has 5 nitrogen and oxygen atoms in total. The average Bonchev–Trinajstić information content (AvgIpc) is 2.84. The molecule has 1 aliphatic rings. The number of ketones is 1. The highest BCUT2D eigenvalue weighted by Crippen LogP contribution is 2.44. The Morgan fingerprint density at radius 1 is 0.758 bits per heavy atom. The third-order valence-electron chi connectivity index (χ3n) is 6.05. The maximum Gasteiger partial charge on any atom is 0.330 e. The van der Waals surface area contributed by atoms with Gasteiger partial charge >= 0.3 is 11.9 Å². The largest absolute Gasteiger partial charge is 0.458 e. The highest BCUT2D eigenvalue weighted by atomic mass is 16.5. The third-order valence-corrected chi connectivity index (χ3v) is 6.05. The van der Waals surface area contributed by atoms with E-state index in [0.717, 1.165) is 17.5 Å². The lowest BCUT2D eigenvalue weighted by Gasteiger charge is -2.39. The Labute approximate surface area is 195 Å². The van der Waals surface area contributed by atoms with Gasteiger partial charge in [-0.1, -0.05) is 79.2 Å². The number of ether oxygens (including phenoxy) is 2. The van der Waals surface area contributed by atoms with Crippen LogP contribution in [0.25, 0.3) is 0 Å². The van der Waals surface area contributed by atoms with E-state index < -0.39 is 22.8 Å². The fraction of sp³-hybridized carbons (Fsp3) is 0.321. The van der Waals surface area contributed by atoms with Crippen LogP contribution in [0.1, 0.15) is 44.2 Å². The third kappa shape index (κ3) is 6.75. The number of Topliss-reactive ketones (excluding diaryl/α,β-unsaturated/α-hetero) is 1. The predicted octanol–water partition coefficient (Wildman–Crippen LogP) is 5.35. The smallest absolute Gasteiger partial charge is 0.330 e. The number of allylic oxidation sites excluding steroid dienone is 2. The van der Waals surface area contributed by atoms with Gasteiger partial charge in [-0.2, -0.15) is 0 Å². The summed E-state index contributed by atoms with van der Waals surface area (Å²) >= 11 is 0. The SMILES string of the molecule is C[C@]1(/C=C/C(=O)OCc2ccccc2)CCC[C@@](C)(/C=C/C(=O)OCc2ccccc2)C1=O. The van der Waals surface area contributed by atoms with Crippen molar-refractivity contribution in [3.63, 3.8) is 0 Å². The molecule has 0 saturated heterocycles. The second kappa shape index (κ2) is 10.9. The van der Waals surface area contributed by atoms with Gasteiger partial charge in [0.2, 0.25) is 0 Å². The summed E-state index contributed by atoms with van der Waals surface area (Å²) in [7, 11) is 0. The van der Waals surface area contributed by atoms with E-state index in [1.807, 2.05) is 74.5 Å². The lowest BCUT2D eigenvalue weighted by atomic mass is 9.62. The summed E-state index contributed by atoms with van der Waals surface area (Å²) in [6.45, 7) is 4.02. The number of hydrogen-bond donors (Lipinski definition) is 0. The minimum absolute atomic E-state index is 0.0273. The van der Waals surface area contributed by atoms with E-state index in [4.69, 9.17) is 9.47 Å². The Morgan fingerprint density at radius 3 is 1.55 bits per heavy atom. The molecule has 2 aromatic carbocycles. The van der Waals surface area contributed by atoms with Crippen LogP contribution >= 0.6 is 0 Å². The minimum Gasteiger partial charge on any atom is -0.458 e. The van der Waals surface area contributed by atoms with Crippen molar-refractivity contribution in [3.8, 4) is 0 Å². The quantitative estimate of drug-likeness (QED) is 0.404. The summed E-state index contributed by atoms with van der Waals surface area (Å²) in [5.41, 5.74) is 0.181. The number of rotatable bonds is 8. The lowest BCUT2D eigenvalue weighted by molar-refractivity contribution is -0.139.